The number of ether oxygens (including phenoxy) is 2. The maximum atomic E-state index is 13.7. The molecule has 0 bridgehead atoms. The Labute approximate surface area is 216 Å². The zero-order valence-corrected chi connectivity index (χ0v) is 20.9. The lowest BCUT2D eigenvalue weighted by molar-refractivity contribution is -0.213. The average Bonchev–Trinajstić information content (AvgIpc) is 2.82. The Bertz CT molecular complexity index is 1070. The van der Waals surface area contributed by atoms with Crippen molar-refractivity contribution in [2.75, 3.05) is 13.2 Å². The molecule has 2 saturated heterocycles. The largest absolute Gasteiger partial charge is 0.416 e. The molecule has 0 aliphatic carbocycles. The monoisotopic (exact) mass is 549 g/mol. The molecule has 2 aliphatic rings. The van der Waals surface area contributed by atoms with E-state index in [1.807, 2.05) is 0 Å². The second-order valence-electron chi connectivity index (χ2n) is 10.4. The van der Waals surface area contributed by atoms with E-state index in [-0.39, 0.29) is 30.2 Å². The van der Waals surface area contributed by atoms with Gasteiger partial charge in [0.05, 0.1) is 29.4 Å². The molecule has 4 rings (SSSR count). The second kappa shape index (κ2) is 10.7. The molecular formula is C27H30F7NO3. The summed E-state index contributed by atoms with van der Waals surface area (Å²) in [6.07, 6.45) is -10.6. The van der Waals surface area contributed by atoms with Crippen LogP contribution in [0, 0.1) is 11.7 Å². The summed E-state index contributed by atoms with van der Waals surface area (Å²) in [7, 11) is 0. The van der Waals surface area contributed by atoms with Gasteiger partial charge in [0.1, 0.15) is 5.82 Å². The summed E-state index contributed by atoms with van der Waals surface area (Å²) in [5, 5.41) is 14.1. The number of benzene rings is 2. The minimum Gasteiger partial charge on any atom is -0.390 e. The third kappa shape index (κ3) is 6.67. The lowest BCUT2D eigenvalue weighted by atomic mass is 9.73. The first-order chi connectivity index (χ1) is 17.6. The minimum atomic E-state index is -4.98. The fourth-order valence-electron chi connectivity index (χ4n) is 5.44. The van der Waals surface area contributed by atoms with E-state index < -0.39 is 53.2 Å². The lowest BCUT2D eigenvalue weighted by Gasteiger charge is -2.46. The van der Waals surface area contributed by atoms with Crippen molar-refractivity contribution in [2.24, 2.45) is 5.92 Å². The van der Waals surface area contributed by atoms with E-state index in [1.54, 1.807) is 19.1 Å². The van der Waals surface area contributed by atoms with Crippen molar-refractivity contribution >= 4 is 0 Å². The number of hydrogen-bond donors (Lipinski definition) is 2. The molecule has 6 atom stereocenters. The van der Waals surface area contributed by atoms with Crippen LogP contribution in [-0.2, 0) is 21.8 Å². The summed E-state index contributed by atoms with van der Waals surface area (Å²) in [4.78, 5) is 0. The van der Waals surface area contributed by atoms with Crippen molar-refractivity contribution in [3.8, 4) is 0 Å². The Morgan fingerprint density at radius 2 is 1.63 bits per heavy atom. The first kappa shape index (κ1) is 28.8. The molecule has 0 radical (unpaired) electrons. The molecule has 2 aromatic rings. The molecular weight excluding hydrogens is 519 g/mol. The van der Waals surface area contributed by atoms with Crippen LogP contribution in [0.15, 0.2) is 42.5 Å². The highest BCUT2D eigenvalue weighted by molar-refractivity contribution is 5.35. The number of piperidine rings is 1. The van der Waals surface area contributed by atoms with Gasteiger partial charge in [0, 0.05) is 12.0 Å². The van der Waals surface area contributed by atoms with Crippen molar-refractivity contribution in [1.29, 1.82) is 0 Å². The van der Waals surface area contributed by atoms with Crippen LogP contribution < -0.4 is 5.32 Å². The second-order valence-corrected chi connectivity index (χ2v) is 10.4. The van der Waals surface area contributed by atoms with Gasteiger partial charge in [-0.1, -0.05) is 12.1 Å². The molecule has 2 fully saturated rings. The fraction of sp³-hybridized carbons (Fsp3) is 0.556. The highest BCUT2D eigenvalue weighted by Gasteiger charge is 2.44. The quantitative estimate of drug-likeness (QED) is 0.414. The molecule has 2 aliphatic heterocycles. The van der Waals surface area contributed by atoms with E-state index in [2.05, 4.69) is 5.32 Å². The number of aliphatic hydroxyl groups is 1. The zero-order valence-electron chi connectivity index (χ0n) is 20.9. The van der Waals surface area contributed by atoms with Gasteiger partial charge in [0.25, 0.3) is 0 Å². The predicted molar refractivity (Wildman–Crippen MR) is 125 cm³/mol. The van der Waals surface area contributed by atoms with E-state index in [0.717, 1.165) is 0 Å². The molecule has 4 nitrogen and oxygen atoms in total. The van der Waals surface area contributed by atoms with E-state index in [0.29, 0.717) is 43.5 Å². The molecule has 0 amide bonds. The van der Waals surface area contributed by atoms with Crippen molar-refractivity contribution < 1.29 is 45.3 Å². The van der Waals surface area contributed by atoms with Gasteiger partial charge in [-0.3, -0.25) is 0 Å². The van der Waals surface area contributed by atoms with Gasteiger partial charge >= 0.3 is 12.4 Å². The maximum Gasteiger partial charge on any atom is 0.416 e. The molecule has 2 aromatic carbocycles. The van der Waals surface area contributed by atoms with E-state index in [4.69, 9.17) is 9.47 Å². The van der Waals surface area contributed by atoms with Crippen LogP contribution in [0.3, 0.4) is 0 Å². The number of alkyl halides is 6. The molecule has 6 unspecified atom stereocenters. The molecule has 0 spiro atoms. The van der Waals surface area contributed by atoms with Crippen LogP contribution in [0.4, 0.5) is 30.7 Å². The summed E-state index contributed by atoms with van der Waals surface area (Å²) in [5.41, 5.74) is -3.40. The Kier molecular flexibility index (Phi) is 8.14. The highest BCUT2D eigenvalue weighted by Crippen LogP contribution is 2.44. The minimum absolute atomic E-state index is 0.0747. The van der Waals surface area contributed by atoms with Crippen LogP contribution in [0.25, 0.3) is 0 Å². The van der Waals surface area contributed by atoms with Crippen molar-refractivity contribution in [3.05, 3.63) is 70.5 Å². The number of rotatable bonds is 5. The smallest absolute Gasteiger partial charge is 0.390 e. The first-order valence-electron chi connectivity index (χ1n) is 12.4. The van der Waals surface area contributed by atoms with Gasteiger partial charge in [-0.05, 0) is 87.0 Å². The van der Waals surface area contributed by atoms with Gasteiger partial charge in [-0.25, -0.2) is 4.39 Å². The Balaban J connectivity index is 1.67. The molecule has 2 N–H and O–H groups in total. The topological polar surface area (TPSA) is 50.7 Å². The fourth-order valence-corrected chi connectivity index (χ4v) is 5.44. The van der Waals surface area contributed by atoms with Crippen molar-refractivity contribution in [2.45, 2.75) is 75.4 Å². The maximum absolute atomic E-state index is 13.7. The van der Waals surface area contributed by atoms with Crippen LogP contribution in [0.1, 0.15) is 67.4 Å². The third-order valence-corrected chi connectivity index (χ3v) is 7.41. The first-order valence-corrected chi connectivity index (χ1v) is 12.4. The lowest BCUT2D eigenvalue weighted by Crippen LogP contribution is -2.54. The van der Waals surface area contributed by atoms with Gasteiger partial charge in [-0.2, -0.15) is 26.3 Å². The highest BCUT2D eigenvalue weighted by atomic mass is 19.4. The van der Waals surface area contributed by atoms with Crippen LogP contribution in [0.5, 0.6) is 0 Å². The zero-order chi connectivity index (χ0) is 27.9. The molecule has 0 aromatic heterocycles. The summed E-state index contributed by atoms with van der Waals surface area (Å²) >= 11 is 0. The predicted octanol–water partition coefficient (Wildman–Crippen LogP) is 6.59. The number of halogens is 7. The normalized spacial score (nSPS) is 29.7. The van der Waals surface area contributed by atoms with E-state index in [9.17, 15) is 35.8 Å². The van der Waals surface area contributed by atoms with E-state index in [1.165, 1.54) is 19.1 Å². The van der Waals surface area contributed by atoms with Crippen LogP contribution in [0.2, 0.25) is 0 Å². The SMILES string of the molecule is CC(OC1OCCC(C2CC(C)(O)CCN2)C1c1ccc(F)cc1)c1cc(C(F)(F)F)cc(C(F)(F)F)c1. The molecule has 210 valence electrons. The Morgan fingerprint density at radius 1 is 1.03 bits per heavy atom. The van der Waals surface area contributed by atoms with E-state index >= 15 is 0 Å². The van der Waals surface area contributed by atoms with Gasteiger partial charge in [0.15, 0.2) is 6.29 Å². The number of hydrogen-bond acceptors (Lipinski definition) is 4. The molecule has 2 heterocycles. The van der Waals surface area contributed by atoms with Gasteiger partial charge in [0.2, 0.25) is 0 Å². The van der Waals surface area contributed by atoms with Crippen molar-refractivity contribution in [3.63, 3.8) is 0 Å². The van der Waals surface area contributed by atoms with Crippen molar-refractivity contribution in [1.82, 2.24) is 5.32 Å². The van der Waals surface area contributed by atoms with Crippen LogP contribution in [-0.4, -0.2) is 36.2 Å². The third-order valence-electron chi connectivity index (χ3n) is 7.41. The summed E-state index contributed by atoms with van der Waals surface area (Å²) in [6, 6.07) is 6.88. The van der Waals surface area contributed by atoms with Crippen LogP contribution >= 0.6 is 0 Å². The molecule has 0 saturated carbocycles. The molecule has 38 heavy (non-hydrogen) atoms. The molecule has 11 heteroatoms. The summed E-state index contributed by atoms with van der Waals surface area (Å²) in [5.74, 6) is -1.15. The van der Waals surface area contributed by atoms with Gasteiger partial charge in [-0.15, -0.1) is 0 Å². The Hall–Kier alpha value is -2.21. The average molecular weight is 550 g/mol. The summed E-state index contributed by atoms with van der Waals surface area (Å²) in [6.45, 7) is 3.91. The van der Waals surface area contributed by atoms with Gasteiger partial charge < -0.3 is 19.9 Å². The number of nitrogens with one attached hydrogen (secondary N) is 1. The Morgan fingerprint density at radius 3 is 2.18 bits per heavy atom. The summed E-state index contributed by atoms with van der Waals surface area (Å²) < 4.78 is 106. The standard InChI is InChI=1S/C27H30F7NO3/c1-15(17-11-18(26(29,30)31)13-19(12-17)27(32,33)34)38-24-23(16-3-5-20(28)6-4-16)21(7-10-37-24)22-14-25(2,36)8-9-35-22/h3-6,11-13,15,21-24,35-36H,7-10,14H2,1-2H3.